The van der Waals surface area contributed by atoms with Gasteiger partial charge in [0.15, 0.2) is 5.75 Å². The van der Waals surface area contributed by atoms with Crippen molar-refractivity contribution in [2.45, 2.75) is 25.3 Å². The van der Waals surface area contributed by atoms with Gasteiger partial charge in [0.25, 0.3) is 0 Å². The summed E-state index contributed by atoms with van der Waals surface area (Å²) in [7, 11) is 1.63. The summed E-state index contributed by atoms with van der Waals surface area (Å²) >= 11 is 0. The van der Waals surface area contributed by atoms with E-state index in [0.717, 1.165) is 29.6 Å². The number of anilines is 1. The normalized spacial score (nSPS) is 41.1. The topological polar surface area (TPSA) is 47.0 Å². The van der Waals surface area contributed by atoms with E-state index in [9.17, 15) is 0 Å². The van der Waals surface area contributed by atoms with Crippen molar-refractivity contribution >= 4 is 5.95 Å². The summed E-state index contributed by atoms with van der Waals surface area (Å²) in [6.07, 6.45) is 7.84. The van der Waals surface area contributed by atoms with E-state index in [1.165, 1.54) is 19.3 Å². The molecule has 1 aromatic rings. The molecule has 3 aliphatic rings. The van der Waals surface area contributed by atoms with Gasteiger partial charge in [0, 0.05) is 6.04 Å². The largest absolute Gasteiger partial charge is 0.494 e. The third kappa shape index (κ3) is 1.36. The fraction of sp³-hybridized carbons (Fsp3) is 0.692. The van der Waals surface area contributed by atoms with E-state index >= 15 is 0 Å². The van der Waals surface area contributed by atoms with Gasteiger partial charge in [-0.25, -0.2) is 9.97 Å². The van der Waals surface area contributed by atoms with Crippen molar-refractivity contribution in [3.05, 3.63) is 12.4 Å². The van der Waals surface area contributed by atoms with Gasteiger partial charge in [-0.2, -0.15) is 0 Å². The molecule has 0 saturated heterocycles. The molecule has 0 spiro atoms. The second-order valence-corrected chi connectivity index (χ2v) is 5.60. The molecule has 0 aromatic carbocycles. The minimum absolute atomic E-state index is 0.648. The molecule has 4 unspecified atom stereocenters. The molecule has 0 radical (unpaired) electrons. The molecule has 3 saturated carbocycles. The number of ether oxygens (including phenoxy) is 1. The first kappa shape index (κ1) is 9.68. The highest BCUT2D eigenvalue weighted by atomic mass is 16.5. The second-order valence-electron chi connectivity index (χ2n) is 5.60. The lowest BCUT2D eigenvalue weighted by Crippen LogP contribution is -2.14. The molecular formula is C13H17N3O. The number of aromatic nitrogens is 2. The SMILES string of the molecule is COc1cnc(NC2C3C4CCC(C4)C23)nc1. The Balaban J connectivity index is 1.45. The Morgan fingerprint density at radius 2 is 1.82 bits per heavy atom. The van der Waals surface area contributed by atoms with Crippen molar-refractivity contribution in [3.8, 4) is 5.75 Å². The Hall–Kier alpha value is -1.32. The van der Waals surface area contributed by atoms with E-state index in [2.05, 4.69) is 15.3 Å². The Labute approximate surface area is 101 Å². The van der Waals surface area contributed by atoms with Gasteiger partial charge in [-0.3, -0.25) is 0 Å². The number of rotatable bonds is 3. The highest BCUT2D eigenvalue weighted by Gasteiger charge is 2.65. The molecule has 1 N–H and O–H groups in total. The first-order chi connectivity index (χ1) is 8.36. The molecule has 0 aliphatic heterocycles. The third-order valence-electron chi connectivity index (χ3n) is 4.89. The number of fused-ring (bicyclic) bond motifs is 5. The molecule has 4 rings (SSSR count). The summed E-state index contributed by atoms with van der Waals surface area (Å²) in [6, 6.07) is 0.648. The summed E-state index contributed by atoms with van der Waals surface area (Å²) in [4.78, 5) is 8.56. The number of hydrogen-bond donors (Lipinski definition) is 1. The van der Waals surface area contributed by atoms with Crippen LogP contribution in [0.2, 0.25) is 0 Å². The lowest BCUT2D eigenvalue weighted by atomic mass is 10.0. The van der Waals surface area contributed by atoms with Crippen LogP contribution in [0, 0.1) is 23.7 Å². The minimum atomic E-state index is 0.648. The van der Waals surface area contributed by atoms with Crippen LogP contribution in [0.4, 0.5) is 5.95 Å². The standard InChI is InChI=1S/C13H17N3O/c1-17-9-5-14-13(15-6-9)16-12-10-7-2-3-8(4-7)11(10)12/h5-8,10-12H,2-4H2,1H3,(H,14,15,16). The van der Waals surface area contributed by atoms with Crippen molar-refractivity contribution in [2.75, 3.05) is 12.4 Å². The first-order valence-corrected chi connectivity index (χ1v) is 6.49. The molecule has 2 bridgehead atoms. The maximum atomic E-state index is 5.06. The van der Waals surface area contributed by atoms with Crippen LogP contribution in [0.15, 0.2) is 12.4 Å². The number of nitrogens with zero attached hydrogens (tertiary/aromatic N) is 2. The quantitative estimate of drug-likeness (QED) is 0.863. The van der Waals surface area contributed by atoms with Crippen LogP contribution in [0.3, 0.4) is 0 Å². The molecule has 4 heteroatoms. The molecule has 3 fully saturated rings. The molecular weight excluding hydrogens is 214 g/mol. The van der Waals surface area contributed by atoms with Gasteiger partial charge in [0.1, 0.15) is 0 Å². The Morgan fingerprint density at radius 1 is 1.18 bits per heavy atom. The summed E-state index contributed by atoms with van der Waals surface area (Å²) in [6.45, 7) is 0. The minimum Gasteiger partial charge on any atom is -0.494 e. The van der Waals surface area contributed by atoms with E-state index < -0.39 is 0 Å². The Morgan fingerprint density at radius 3 is 2.41 bits per heavy atom. The monoisotopic (exact) mass is 231 g/mol. The van der Waals surface area contributed by atoms with Crippen molar-refractivity contribution in [1.29, 1.82) is 0 Å². The Kier molecular flexibility index (Phi) is 1.90. The van der Waals surface area contributed by atoms with Gasteiger partial charge in [0.2, 0.25) is 5.95 Å². The van der Waals surface area contributed by atoms with Gasteiger partial charge in [-0.15, -0.1) is 0 Å². The molecule has 4 atom stereocenters. The van der Waals surface area contributed by atoms with Crippen molar-refractivity contribution in [3.63, 3.8) is 0 Å². The van der Waals surface area contributed by atoms with Crippen molar-refractivity contribution in [1.82, 2.24) is 9.97 Å². The van der Waals surface area contributed by atoms with Crippen LogP contribution >= 0.6 is 0 Å². The van der Waals surface area contributed by atoms with E-state index in [-0.39, 0.29) is 0 Å². The van der Waals surface area contributed by atoms with E-state index in [1.54, 1.807) is 19.5 Å². The van der Waals surface area contributed by atoms with E-state index in [0.29, 0.717) is 11.8 Å². The maximum absolute atomic E-state index is 5.06. The molecule has 90 valence electrons. The lowest BCUT2D eigenvalue weighted by Gasteiger charge is -2.10. The molecule has 4 nitrogen and oxygen atoms in total. The molecule has 0 amide bonds. The average molecular weight is 231 g/mol. The predicted octanol–water partition coefficient (Wildman–Crippen LogP) is 1.94. The van der Waals surface area contributed by atoms with Gasteiger partial charge in [-0.1, -0.05) is 0 Å². The zero-order valence-electron chi connectivity index (χ0n) is 9.97. The highest BCUT2D eigenvalue weighted by molar-refractivity contribution is 5.35. The number of methoxy groups -OCH3 is 1. The van der Waals surface area contributed by atoms with E-state index in [1.807, 2.05) is 0 Å². The summed E-state index contributed by atoms with van der Waals surface area (Å²) in [5, 5.41) is 3.49. The van der Waals surface area contributed by atoms with E-state index in [4.69, 9.17) is 4.74 Å². The summed E-state index contributed by atoms with van der Waals surface area (Å²) in [5.74, 6) is 5.27. The first-order valence-electron chi connectivity index (χ1n) is 6.49. The van der Waals surface area contributed by atoms with Crippen LogP contribution < -0.4 is 10.1 Å². The van der Waals surface area contributed by atoms with Gasteiger partial charge in [0.05, 0.1) is 19.5 Å². The van der Waals surface area contributed by atoms with Gasteiger partial charge < -0.3 is 10.1 Å². The van der Waals surface area contributed by atoms with Crippen LogP contribution in [-0.2, 0) is 0 Å². The second kappa shape index (κ2) is 3.34. The third-order valence-corrected chi connectivity index (χ3v) is 4.89. The molecule has 17 heavy (non-hydrogen) atoms. The maximum Gasteiger partial charge on any atom is 0.223 e. The molecule has 3 aliphatic carbocycles. The zero-order chi connectivity index (χ0) is 11.4. The average Bonchev–Trinajstić information content (AvgIpc) is 2.76. The van der Waals surface area contributed by atoms with Gasteiger partial charge in [-0.05, 0) is 42.9 Å². The smallest absolute Gasteiger partial charge is 0.223 e. The van der Waals surface area contributed by atoms with Crippen LogP contribution in [0.1, 0.15) is 19.3 Å². The van der Waals surface area contributed by atoms with Crippen molar-refractivity contribution in [2.24, 2.45) is 23.7 Å². The van der Waals surface area contributed by atoms with Crippen molar-refractivity contribution < 1.29 is 4.74 Å². The van der Waals surface area contributed by atoms with Crippen LogP contribution in [0.25, 0.3) is 0 Å². The molecule has 1 aromatic heterocycles. The number of hydrogen-bond acceptors (Lipinski definition) is 4. The highest BCUT2D eigenvalue weighted by Crippen LogP contribution is 2.66. The van der Waals surface area contributed by atoms with Crippen LogP contribution in [0.5, 0.6) is 5.75 Å². The Bertz CT molecular complexity index is 417. The summed E-state index contributed by atoms with van der Waals surface area (Å²) < 4.78 is 5.06. The fourth-order valence-electron chi connectivity index (χ4n) is 4.16. The summed E-state index contributed by atoms with van der Waals surface area (Å²) in [5.41, 5.74) is 0. The predicted molar refractivity (Wildman–Crippen MR) is 63.8 cm³/mol. The lowest BCUT2D eigenvalue weighted by molar-refractivity contribution is 0.411. The fourth-order valence-corrected chi connectivity index (χ4v) is 4.16. The van der Waals surface area contributed by atoms with Gasteiger partial charge >= 0.3 is 0 Å². The molecule has 1 heterocycles. The van der Waals surface area contributed by atoms with Crippen LogP contribution in [-0.4, -0.2) is 23.1 Å². The zero-order valence-corrected chi connectivity index (χ0v) is 9.97. The number of nitrogens with one attached hydrogen (secondary N) is 1.